The third kappa shape index (κ3) is 4.49. The van der Waals surface area contributed by atoms with Crippen molar-refractivity contribution in [3.63, 3.8) is 0 Å². The molecule has 1 atom stereocenters. The summed E-state index contributed by atoms with van der Waals surface area (Å²) in [5.74, 6) is -1.02. The molecular formula is C24H25FN4O3. The van der Waals surface area contributed by atoms with Crippen molar-refractivity contribution < 1.29 is 18.7 Å². The van der Waals surface area contributed by atoms with Crippen molar-refractivity contribution in [2.45, 2.75) is 37.8 Å². The zero-order chi connectivity index (χ0) is 22.5. The van der Waals surface area contributed by atoms with Crippen LogP contribution in [0.1, 0.15) is 47.8 Å². The first-order valence-electron chi connectivity index (χ1n) is 10.6. The molecule has 2 amide bonds. The summed E-state index contributed by atoms with van der Waals surface area (Å²) in [6.45, 7) is 0. The number of aromatic nitrogens is 2. The van der Waals surface area contributed by atoms with E-state index in [0.29, 0.717) is 11.3 Å². The van der Waals surface area contributed by atoms with Gasteiger partial charge in [0.25, 0.3) is 5.91 Å². The van der Waals surface area contributed by atoms with Gasteiger partial charge in [-0.25, -0.2) is 4.39 Å². The van der Waals surface area contributed by atoms with Crippen molar-refractivity contribution in [2.24, 2.45) is 0 Å². The summed E-state index contributed by atoms with van der Waals surface area (Å²) in [5.41, 5.74) is 0.660. The predicted octanol–water partition coefficient (Wildman–Crippen LogP) is 4.00. The molecule has 2 N–H and O–H groups in total. The molecule has 32 heavy (non-hydrogen) atoms. The van der Waals surface area contributed by atoms with E-state index in [1.54, 1.807) is 30.3 Å². The fraction of sp³-hybridized carbons (Fsp3) is 0.292. The highest BCUT2D eigenvalue weighted by molar-refractivity contribution is 6.09. The quantitative estimate of drug-likeness (QED) is 0.586. The van der Waals surface area contributed by atoms with Crippen LogP contribution in [0.3, 0.4) is 0 Å². The summed E-state index contributed by atoms with van der Waals surface area (Å²) in [6, 6.07) is 13.2. The molecule has 1 aromatic heterocycles. The van der Waals surface area contributed by atoms with Gasteiger partial charge in [0.1, 0.15) is 23.3 Å². The summed E-state index contributed by atoms with van der Waals surface area (Å²) in [6.07, 6.45) is 5.28. The van der Waals surface area contributed by atoms with Crippen LogP contribution in [0.4, 0.5) is 10.1 Å². The topological polar surface area (TPSA) is 87.3 Å². The fourth-order valence-electron chi connectivity index (χ4n) is 4.10. The zero-order valence-electron chi connectivity index (χ0n) is 17.8. The normalized spacial score (nSPS) is 14.7. The van der Waals surface area contributed by atoms with E-state index < -0.39 is 17.8 Å². The highest BCUT2D eigenvalue weighted by Crippen LogP contribution is 2.33. The van der Waals surface area contributed by atoms with E-state index in [2.05, 4.69) is 15.5 Å². The average Bonchev–Trinajstić information content (AvgIpc) is 3.52. The predicted molar refractivity (Wildman–Crippen MR) is 118 cm³/mol. The molecule has 1 aliphatic carbocycles. The molecule has 1 saturated carbocycles. The van der Waals surface area contributed by atoms with Crippen LogP contribution in [0.5, 0.6) is 5.75 Å². The van der Waals surface area contributed by atoms with E-state index >= 15 is 0 Å². The van der Waals surface area contributed by atoms with Crippen LogP contribution < -0.4 is 15.0 Å². The number of halogens is 1. The first-order valence-corrected chi connectivity index (χ1v) is 10.6. The number of benzene rings is 2. The van der Waals surface area contributed by atoms with Crippen LogP contribution in [0.25, 0.3) is 0 Å². The second-order valence-electron chi connectivity index (χ2n) is 7.77. The lowest BCUT2D eigenvalue weighted by molar-refractivity contribution is -0.123. The van der Waals surface area contributed by atoms with Crippen LogP contribution in [-0.4, -0.2) is 35.2 Å². The number of nitrogens with one attached hydrogen (secondary N) is 2. The number of carbonyl (C=O) groups excluding carboxylic acids is 2. The Balaban J connectivity index is 1.84. The summed E-state index contributed by atoms with van der Waals surface area (Å²) < 4.78 is 20.3. The molecule has 8 heteroatoms. The van der Waals surface area contributed by atoms with Crippen LogP contribution in [-0.2, 0) is 4.79 Å². The van der Waals surface area contributed by atoms with E-state index in [1.165, 1.54) is 42.5 Å². The Morgan fingerprint density at radius 2 is 1.94 bits per heavy atom. The van der Waals surface area contributed by atoms with Crippen LogP contribution in [0.15, 0.2) is 60.8 Å². The number of carbonyl (C=O) groups is 2. The van der Waals surface area contributed by atoms with E-state index in [-0.39, 0.29) is 23.3 Å². The maximum atomic E-state index is 15.0. The van der Waals surface area contributed by atoms with Gasteiger partial charge in [-0.2, -0.15) is 5.10 Å². The van der Waals surface area contributed by atoms with Gasteiger partial charge >= 0.3 is 0 Å². The summed E-state index contributed by atoms with van der Waals surface area (Å²) in [4.78, 5) is 28.3. The smallest absolute Gasteiger partial charge is 0.277 e. The van der Waals surface area contributed by atoms with E-state index in [1.807, 2.05) is 0 Å². The maximum absolute atomic E-state index is 15.0. The molecule has 1 fully saturated rings. The Morgan fingerprint density at radius 3 is 2.62 bits per heavy atom. The van der Waals surface area contributed by atoms with E-state index in [4.69, 9.17) is 4.74 Å². The molecule has 0 bridgehead atoms. The molecule has 0 unspecified atom stereocenters. The summed E-state index contributed by atoms with van der Waals surface area (Å²) in [7, 11) is 1.52. The number of ether oxygens (including phenoxy) is 1. The molecule has 0 radical (unpaired) electrons. The number of amides is 2. The number of hydrogen-bond acceptors (Lipinski definition) is 4. The number of para-hydroxylation sites is 1. The molecule has 2 aromatic carbocycles. The van der Waals surface area contributed by atoms with Crippen LogP contribution >= 0.6 is 0 Å². The molecule has 0 aliphatic heterocycles. The van der Waals surface area contributed by atoms with Gasteiger partial charge in [0.05, 0.1) is 12.8 Å². The lowest BCUT2D eigenvalue weighted by Crippen LogP contribution is -2.46. The van der Waals surface area contributed by atoms with Crippen LogP contribution in [0.2, 0.25) is 0 Å². The van der Waals surface area contributed by atoms with Gasteiger partial charge in [-0.3, -0.25) is 19.6 Å². The molecule has 4 rings (SSSR count). The second-order valence-corrected chi connectivity index (χ2v) is 7.77. The van der Waals surface area contributed by atoms with E-state index in [0.717, 1.165) is 25.7 Å². The van der Waals surface area contributed by atoms with Gasteiger partial charge in [-0.05, 0) is 48.7 Å². The minimum absolute atomic E-state index is 0.00138. The Hall–Kier alpha value is -3.68. The van der Waals surface area contributed by atoms with Crippen molar-refractivity contribution in [1.29, 1.82) is 0 Å². The number of aromatic amines is 1. The van der Waals surface area contributed by atoms with Gasteiger partial charge in [-0.1, -0.05) is 37.1 Å². The highest BCUT2D eigenvalue weighted by Gasteiger charge is 2.36. The molecule has 0 saturated heterocycles. The molecule has 1 aliphatic rings. The molecule has 166 valence electrons. The standard InChI is InChI=1S/C24H25FN4O3/c1-32-18-10-6-7-16(15-18)22(23(30)27-17-8-2-3-9-17)29(21-12-5-4-11-19(21)25)24(31)20-13-14-26-28-20/h4-7,10-15,17,22H,2-3,8-9H2,1H3,(H,26,28)(H,27,30)/t22-/m1/s1. The Bertz CT molecular complexity index is 1080. The van der Waals surface area contributed by atoms with Gasteiger partial charge in [0.2, 0.25) is 5.91 Å². The van der Waals surface area contributed by atoms with Crippen molar-refractivity contribution in [3.8, 4) is 5.75 Å². The van der Waals surface area contributed by atoms with Gasteiger partial charge in [0.15, 0.2) is 0 Å². The minimum Gasteiger partial charge on any atom is -0.497 e. The Labute approximate surface area is 185 Å². The monoisotopic (exact) mass is 436 g/mol. The first-order chi connectivity index (χ1) is 15.6. The zero-order valence-corrected chi connectivity index (χ0v) is 17.8. The number of rotatable bonds is 7. The number of anilines is 1. The largest absolute Gasteiger partial charge is 0.497 e. The van der Waals surface area contributed by atoms with Crippen molar-refractivity contribution in [2.75, 3.05) is 12.0 Å². The number of hydrogen-bond donors (Lipinski definition) is 2. The second kappa shape index (κ2) is 9.64. The average molecular weight is 436 g/mol. The van der Waals surface area contributed by atoms with Gasteiger partial charge in [0, 0.05) is 12.2 Å². The number of nitrogens with zero attached hydrogens (tertiary/aromatic N) is 2. The maximum Gasteiger partial charge on any atom is 0.277 e. The minimum atomic E-state index is -1.11. The van der Waals surface area contributed by atoms with Crippen LogP contribution in [0, 0.1) is 5.82 Å². The van der Waals surface area contributed by atoms with E-state index in [9.17, 15) is 14.0 Å². The highest BCUT2D eigenvalue weighted by atomic mass is 19.1. The molecule has 1 heterocycles. The molecule has 0 spiro atoms. The van der Waals surface area contributed by atoms with Crippen molar-refractivity contribution in [3.05, 3.63) is 77.9 Å². The fourth-order valence-corrected chi connectivity index (χ4v) is 4.10. The molecule has 3 aromatic rings. The molecular weight excluding hydrogens is 411 g/mol. The Morgan fingerprint density at radius 1 is 1.16 bits per heavy atom. The lowest BCUT2D eigenvalue weighted by atomic mass is 10.0. The Kier molecular flexibility index (Phi) is 6.49. The van der Waals surface area contributed by atoms with Gasteiger partial charge in [-0.15, -0.1) is 0 Å². The SMILES string of the molecule is COc1cccc([C@H](C(=O)NC2CCCC2)N(C(=O)c2ccn[nH]2)c2ccccc2F)c1. The lowest BCUT2D eigenvalue weighted by Gasteiger charge is -2.32. The summed E-state index contributed by atoms with van der Waals surface area (Å²) >= 11 is 0. The van der Waals surface area contributed by atoms with Crippen molar-refractivity contribution >= 4 is 17.5 Å². The van der Waals surface area contributed by atoms with Crippen molar-refractivity contribution in [1.82, 2.24) is 15.5 Å². The first kappa shape index (κ1) is 21.5. The summed E-state index contributed by atoms with van der Waals surface area (Å²) in [5, 5.41) is 9.53. The number of methoxy groups -OCH3 is 1. The number of H-pyrrole nitrogens is 1. The van der Waals surface area contributed by atoms with Gasteiger partial charge < -0.3 is 10.1 Å². The third-order valence-electron chi connectivity index (χ3n) is 5.68. The molecule has 7 nitrogen and oxygen atoms in total. The third-order valence-corrected chi connectivity index (χ3v) is 5.68.